The number of hydrogen-bond donors (Lipinski definition) is 2. The van der Waals surface area contributed by atoms with E-state index in [1.165, 1.54) is 11.0 Å². The molecule has 0 bridgehead atoms. The van der Waals surface area contributed by atoms with Crippen molar-refractivity contribution in [3.8, 4) is 0 Å². The first-order valence-electron chi connectivity index (χ1n) is 15.0. The Labute approximate surface area is 247 Å². The molecule has 228 valence electrons. The van der Waals surface area contributed by atoms with Gasteiger partial charge in [0.1, 0.15) is 18.0 Å². The van der Waals surface area contributed by atoms with Gasteiger partial charge in [0.05, 0.1) is 43.9 Å². The number of nitrogens with one attached hydrogen (secondary N) is 1. The number of hydrogen-bond acceptors (Lipinski definition) is 7. The summed E-state index contributed by atoms with van der Waals surface area (Å²) in [5.74, 6) is 1.27. The Balaban J connectivity index is 1.26. The Morgan fingerprint density at radius 2 is 1.91 bits per heavy atom. The summed E-state index contributed by atoms with van der Waals surface area (Å²) in [7, 11) is 1.88. The number of alkyl halides is 3. The number of fused-ring (bicyclic) bond motifs is 1. The number of benzene rings is 1. The number of carbonyl (C=O) groups is 1. The van der Waals surface area contributed by atoms with E-state index in [1.807, 2.05) is 23.7 Å². The normalized spacial score (nSPS) is 20.6. The van der Waals surface area contributed by atoms with Crippen molar-refractivity contribution in [2.75, 3.05) is 31.3 Å². The Kier molecular flexibility index (Phi) is 7.26. The van der Waals surface area contributed by atoms with Crippen molar-refractivity contribution in [1.82, 2.24) is 25.1 Å². The molecule has 4 heterocycles. The number of pyridine rings is 1. The number of carbonyl (C=O) groups excluding carboxylic acids is 1. The van der Waals surface area contributed by atoms with Crippen molar-refractivity contribution in [2.45, 2.75) is 62.7 Å². The van der Waals surface area contributed by atoms with Crippen LogP contribution in [0.1, 0.15) is 94.1 Å². The third-order valence-corrected chi connectivity index (χ3v) is 9.48. The molecule has 0 unspecified atom stereocenters. The van der Waals surface area contributed by atoms with Crippen molar-refractivity contribution < 1.29 is 27.8 Å². The maximum atomic E-state index is 14.4. The molecular formula is C31H35F3N6O3. The lowest BCUT2D eigenvalue weighted by Crippen LogP contribution is -2.35. The van der Waals surface area contributed by atoms with Gasteiger partial charge in [-0.2, -0.15) is 13.2 Å². The van der Waals surface area contributed by atoms with Gasteiger partial charge in [-0.15, -0.1) is 10.2 Å². The van der Waals surface area contributed by atoms with Crippen LogP contribution in [0.25, 0.3) is 0 Å². The molecule has 1 aromatic carbocycles. The number of aliphatic hydroxyl groups excluding tert-OH is 1. The second-order valence-corrected chi connectivity index (χ2v) is 12.5. The summed E-state index contributed by atoms with van der Waals surface area (Å²) in [6.07, 6.45) is 2.20. The highest BCUT2D eigenvalue weighted by Crippen LogP contribution is 2.45. The molecule has 2 aromatic heterocycles. The van der Waals surface area contributed by atoms with Gasteiger partial charge in [-0.1, -0.05) is 6.42 Å². The molecule has 4 aliphatic rings. The van der Waals surface area contributed by atoms with Crippen LogP contribution in [0.4, 0.5) is 19.0 Å². The lowest BCUT2D eigenvalue weighted by atomic mass is 9.83. The Morgan fingerprint density at radius 1 is 1.12 bits per heavy atom. The van der Waals surface area contributed by atoms with Crippen LogP contribution in [0.5, 0.6) is 0 Å². The number of aryl methyl sites for hydroxylation is 1. The fourth-order valence-corrected chi connectivity index (χ4v) is 6.48. The number of amides is 1. The van der Waals surface area contributed by atoms with E-state index in [1.54, 1.807) is 6.33 Å². The van der Waals surface area contributed by atoms with Crippen molar-refractivity contribution in [3.63, 3.8) is 0 Å². The number of aliphatic hydroxyl groups is 1. The van der Waals surface area contributed by atoms with E-state index < -0.39 is 23.7 Å². The van der Waals surface area contributed by atoms with Crippen molar-refractivity contribution >= 4 is 11.7 Å². The monoisotopic (exact) mass is 596 g/mol. The summed E-state index contributed by atoms with van der Waals surface area (Å²) in [5.41, 5.74) is 1.09. The van der Waals surface area contributed by atoms with E-state index in [4.69, 9.17) is 9.72 Å². The minimum absolute atomic E-state index is 0.00568. The standard InChI is InChI=1S/C31H35F3N6O3/c1-39-16-36-38-29(39)28(21-14-43-15-21)20-9-25(18-5-6-18)37-27(10-20)40-12-23-22(30(40)42)7-19(8-24(23)31(32,33)34)26(13-41)35-11-17-3-2-4-17/h7-10,16-18,21,26,28,35,41H,2-6,11-15H2,1H3/t26-,28-/m1/s1. The van der Waals surface area contributed by atoms with Gasteiger partial charge < -0.3 is 19.7 Å². The first kappa shape index (κ1) is 28.4. The first-order chi connectivity index (χ1) is 20.7. The number of anilines is 1. The molecule has 2 aliphatic heterocycles. The molecule has 2 N–H and O–H groups in total. The van der Waals surface area contributed by atoms with Crippen LogP contribution in [0.2, 0.25) is 0 Å². The summed E-state index contributed by atoms with van der Waals surface area (Å²) in [5, 5.41) is 21.8. The zero-order chi connectivity index (χ0) is 29.9. The molecule has 1 saturated heterocycles. The van der Waals surface area contributed by atoms with E-state index in [-0.39, 0.29) is 47.6 Å². The highest BCUT2D eigenvalue weighted by atomic mass is 19.4. The average molecular weight is 597 g/mol. The average Bonchev–Trinajstić information content (AvgIpc) is 3.62. The minimum Gasteiger partial charge on any atom is -0.394 e. The van der Waals surface area contributed by atoms with Gasteiger partial charge in [-0.05, 0) is 79.1 Å². The van der Waals surface area contributed by atoms with Gasteiger partial charge in [-0.25, -0.2) is 4.98 Å². The summed E-state index contributed by atoms with van der Waals surface area (Å²) in [6.45, 7) is 1.12. The highest BCUT2D eigenvalue weighted by Gasteiger charge is 2.42. The molecule has 9 nitrogen and oxygen atoms in total. The second kappa shape index (κ2) is 11.0. The largest absolute Gasteiger partial charge is 0.416 e. The van der Waals surface area contributed by atoms with Gasteiger partial charge in [0.25, 0.3) is 5.91 Å². The minimum atomic E-state index is -4.67. The Hall–Kier alpha value is -3.35. The maximum absolute atomic E-state index is 14.4. The first-order valence-corrected chi connectivity index (χ1v) is 15.0. The molecule has 7 rings (SSSR count). The van der Waals surface area contributed by atoms with E-state index in [2.05, 4.69) is 15.5 Å². The van der Waals surface area contributed by atoms with E-state index >= 15 is 0 Å². The molecule has 0 spiro atoms. The van der Waals surface area contributed by atoms with E-state index in [0.29, 0.717) is 31.5 Å². The number of nitrogens with zero attached hydrogens (tertiary/aromatic N) is 5. The molecule has 43 heavy (non-hydrogen) atoms. The lowest BCUT2D eigenvalue weighted by molar-refractivity contribution is -0.138. The lowest BCUT2D eigenvalue weighted by Gasteiger charge is -2.34. The third kappa shape index (κ3) is 5.33. The summed E-state index contributed by atoms with van der Waals surface area (Å²) in [6, 6.07) is 5.77. The van der Waals surface area contributed by atoms with Gasteiger partial charge in [0, 0.05) is 30.1 Å². The molecule has 1 amide bonds. The predicted octanol–water partition coefficient (Wildman–Crippen LogP) is 4.47. The third-order valence-electron chi connectivity index (χ3n) is 9.48. The van der Waals surface area contributed by atoms with E-state index in [9.17, 15) is 23.1 Å². The van der Waals surface area contributed by atoms with Crippen LogP contribution < -0.4 is 10.2 Å². The maximum Gasteiger partial charge on any atom is 0.416 e. The molecular weight excluding hydrogens is 561 g/mol. The van der Waals surface area contributed by atoms with Crippen LogP contribution in [0.15, 0.2) is 30.6 Å². The summed E-state index contributed by atoms with van der Waals surface area (Å²) in [4.78, 5) is 20.1. The Morgan fingerprint density at radius 3 is 2.49 bits per heavy atom. The summed E-state index contributed by atoms with van der Waals surface area (Å²) < 4.78 is 50.7. The van der Waals surface area contributed by atoms with Crippen molar-refractivity contribution in [1.29, 1.82) is 0 Å². The zero-order valence-corrected chi connectivity index (χ0v) is 24.0. The van der Waals surface area contributed by atoms with Gasteiger partial charge in [0.2, 0.25) is 0 Å². The van der Waals surface area contributed by atoms with Gasteiger partial charge in [-0.3, -0.25) is 9.69 Å². The number of rotatable bonds is 10. The van der Waals surface area contributed by atoms with Gasteiger partial charge in [0.15, 0.2) is 0 Å². The SMILES string of the molecule is Cn1cnnc1[C@H](c1cc(C2CC2)nc(N2Cc3c(cc([C@@H](CO)NCC4CCC4)cc3C(F)(F)F)C2=O)c1)C1COC1. The smallest absolute Gasteiger partial charge is 0.394 e. The molecule has 3 fully saturated rings. The zero-order valence-electron chi connectivity index (χ0n) is 24.0. The van der Waals surface area contributed by atoms with Crippen molar-refractivity contribution in [2.24, 2.45) is 18.9 Å². The van der Waals surface area contributed by atoms with Crippen LogP contribution >= 0.6 is 0 Å². The van der Waals surface area contributed by atoms with Crippen LogP contribution in [0.3, 0.4) is 0 Å². The van der Waals surface area contributed by atoms with Gasteiger partial charge >= 0.3 is 6.18 Å². The summed E-state index contributed by atoms with van der Waals surface area (Å²) >= 11 is 0. The molecule has 3 aromatic rings. The number of halogens is 3. The molecule has 12 heteroatoms. The molecule has 2 saturated carbocycles. The Bertz CT molecular complexity index is 1530. The predicted molar refractivity (Wildman–Crippen MR) is 150 cm³/mol. The van der Waals surface area contributed by atoms with Crippen LogP contribution in [-0.2, 0) is 24.5 Å². The quantitative estimate of drug-likeness (QED) is 0.356. The fraction of sp³-hybridized carbons (Fsp3) is 0.548. The number of aromatic nitrogens is 4. The van der Waals surface area contributed by atoms with Crippen LogP contribution in [-0.4, -0.2) is 57.1 Å². The van der Waals surface area contributed by atoms with Crippen molar-refractivity contribution in [3.05, 3.63) is 69.9 Å². The molecule has 2 atom stereocenters. The van der Waals surface area contributed by atoms with Crippen LogP contribution in [0, 0.1) is 11.8 Å². The van der Waals surface area contributed by atoms with E-state index in [0.717, 1.165) is 55.3 Å². The molecule has 2 aliphatic carbocycles. The number of ether oxygens (including phenoxy) is 1. The second-order valence-electron chi connectivity index (χ2n) is 12.5. The highest BCUT2D eigenvalue weighted by molar-refractivity contribution is 6.10. The topological polar surface area (TPSA) is 105 Å². The molecule has 0 radical (unpaired) electrons. The fourth-order valence-electron chi connectivity index (χ4n) is 6.48.